The Kier molecular flexibility index (Phi) is 16.4. The van der Waals surface area contributed by atoms with Crippen LogP contribution in [0.3, 0.4) is 0 Å². The van der Waals surface area contributed by atoms with Crippen LogP contribution in [0.4, 0.5) is 0 Å². The van der Waals surface area contributed by atoms with Gasteiger partial charge >= 0.3 is 11.9 Å². The summed E-state index contributed by atoms with van der Waals surface area (Å²) in [6, 6.07) is 9.95. The molecule has 8 nitrogen and oxygen atoms in total. The highest BCUT2D eigenvalue weighted by atomic mass is 79.9. The average Bonchev–Trinajstić information content (AvgIpc) is 3.55. The van der Waals surface area contributed by atoms with Crippen LogP contribution in [0.2, 0.25) is 51.4 Å². The lowest BCUT2D eigenvalue weighted by Gasteiger charge is -2.16. The molecule has 0 bridgehead atoms. The van der Waals surface area contributed by atoms with Crippen molar-refractivity contribution in [2.75, 3.05) is 33.5 Å². The van der Waals surface area contributed by atoms with Gasteiger partial charge in [0.15, 0.2) is 0 Å². The third-order valence-electron chi connectivity index (χ3n) is 7.25. The van der Waals surface area contributed by atoms with Crippen LogP contribution in [0.15, 0.2) is 45.6 Å². The number of alkyl halides is 1. The van der Waals surface area contributed by atoms with Crippen LogP contribution in [0.5, 0.6) is 0 Å². The summed E-state index contributed by atoms with van der Waals surface area (Å²) < 4.78 is 24.4. The summed E-state index contributed by atoms with van der Waals surface area (Å²) in [7, 11) is 0.803. The second kappa shape index (κ2) is 18.7. The average molecular weight is 833 g/mol. The molecule has 4 rings (SSSR count). The molecule has 13 heteroatoms. The number of nitrogens with zero attached hydrogens (tertiary/aromatic N) is 1. The van der Waals surface area contributed by atoms with Crippen molar-refractivity contribution in [2.24, 2.45) is 0 Å². The van der Waals surface area contributed by atoms with Crippen LogP contribution in [0, 0.1) is 13.8 Å². The van der Waals surface area contributed by atoms with Crippen molar-refractivity contribution < 1.29 is 28.5 Å². The summed E-state index contributed by atoms with van der Waals surface area (Å²) in [4.78, 5) is 26.6. The first-order chi connectivity index (χ1) is 21.9. The van der Waals surface area contributed by atoms with Crippen LogP contribution in [-0.4, -0.2) is 71.1 Å². The van der Waals surface area contributed by atoms with Crippen LogP contribution in [0.1, 0.15) is 31.8 Å². The van der Waals surface area contributed by atoms with Crippen LogP contribution in [0.25, 0.3) is 21.8 Å². The standard InChI is InChI=1S/C17H24BrNO3Si.C11H10BrNO2.C6H15ClOSi/c1-12-10-19(11-22-8-9-23(3,4)5)16-13(17(20)21-2)6-7-14(18)15(12)16;1-6-5-13-10-7(11(14)15-2)3-4-8(12)9(6)10;1-9(2,3)5-4-8-6-7/h6-7,10H,8-9,11H2,1-5H3;3-5,13H,1-2H3;4-6H2,1-3H3. The predicted octanol–water partition coefficient (Wildman–Crippen LogP) is 10.4. The number of hydrogen-bond donors (Lipinski definition) is 1. The van der Waals surface area contributed by atoms with E-state index in [1.54, 1.807) is 12.1 Å². The number of carbonyl (C=O) groups excluding carboxylic acids is 2. The number of carbonyl (C=O) groups is 2. The Labute approximate surface area is 303 Å². The minimum Gasteiger partial charge on any atom is -0.465 e. The number of aryl methyl sites for hydroxylation is 2. The van der Waals surface area contributed by atoms with Crippen molar-refractivity contribution in [1.29, 1.82) is 0 Å². The summed E-state index contributed by atoms with van der Waals surface area (Å²) in [5, 5.41) is 2.06. The number of benzene rings is 2. The van der Waals surface area contributed by atoms with E-state index in [0.29, 0.717) is 23.9 Å². The molecule has 0 fully saturated rings. The molecule has 2 aromatic heterocycles. The molecule has 0 radical (unpaired) electrons. The third kappa shape index (κ3) is 12.5. The van der Waals surface area contributed by atoms with Crippen molar-refractivity contribution in [3.05, 3.63) is 67.9 Å². The lowest BCUT2D eigenvalue weighted by atomic mass is 10.1. The SMILES string of the molecule is COC(=O)c1ccc(Br)c2c(C)c[nH]c12.COC(=O)c1ccc(Br)c2c(C)cn(COCC[Si](C)(C)C)c12.C[Si](C)(C)CCOCCl. The van der Waals surface area contributed by atoms with Gasteiger partial charge in [-0.1, -0.05) is 82.7 Å². The van der Waals surface area contributed by atoms with E-state index < -0.39 is 16.1 Å². The van der Waals surface area contributed by atoms with Gasteiger partial charge in [-0.15, -0.1) is 0 Å². The maximum absolute atomic E-state index is 12.1. The van der Waals surface area contributed by atoms with Gasteiger partial charge in [-0.05, 0) is 61.3 Å². The van der Waals surface area contributed by atoms with Gasteiger partial charge in [0.05, 0.1) is 36.4 Å². The maximum atomic E-state index is 12.1. The molecule has 0 spiro atoms. The summed E-state index contributed by atoms with van der Waals surface area (Å²) in [5.74, 6) is -0.654. The van der Waals surface area contributed by atoms with E-state index in [4.69, 9.17) is 30.5 Å². The number of aromatic nitrogens is 2. The Hall–Kier alpha value is -1.94. The van der Waals surface area contributed by atoms with Gasteiger partial charge in [0.1, 0.15) is 12.8 Å². The fourth-order valence-corrected chi connectivity index (χ4v) is 7.50. The lowest BCUT2D eigenvalue weighted by molar-refractivity contribution is 0.0592. The molecule has 1 N–H and O–H groups in total. The van der Waals surface area contributed by atoms with Gasteiger partial charge in [-0.2, -0.15) is 0 Å². The third-order valence-corrected chi connectivity index (χ3v) is 12.1. The number of hydrogen-bond acceptors (Lipinski definition) is 6. The van der Waals surface area contributed by atoms with Crippen molar-refractivity contribution in [1.82, 2.24) is 9.55 Å². The van der Waals surface area contributed by atoms with Crippen molar-refractivity contribution >= 4 is 93.4 Å². The van der Waals surface area contributed by atoms with Gasteiger partial charge in [0, 0.05) is 61.5 Å². The molecule has 260 valence electrons. The summed E-state index contributed by atoms with van der Waals surface area (Å²) in [5.41, 5.74) is 5.00. The zero-order valence-corrected chi connectivity index (χ0v) is 35.2. The zero-order chi connectivity index (χ0) is 35.5. The lowest BCUT2D eigenvalue weighted by Crippen LogP contribution is -2.22. The van der Waals surface area contributed by atoms with Gasteiger partial charge in [0.25, 0.3) is 0 Å². The van der Waals surface area contributed by atoms with E-state index in [9.17, 15) is 9.59 Å². The van der Waals surface area contributed by atoms with E-state index in [2.05, 4.69) is 76.1 Å². The minimum absolute atomic E-state index is 0.325. The molecular weight excluding hydrogens is 784 g/mol. The molecular formula is C34H49Br2ClN2O6Si2. The normalized spacial score (nSPS) is 11.5. The fourth-order valence-electron chi connectivity index (χ4n) is 4.60. The van der Waals surface area contributed by atoms with Gasteiger partial charge < -0.3 is 28.5 Å². The molecule has 4 aromatic rings. The molecule has 0 aliphatic heterocycles. The summed E-state index contributed by atoms with van der Waals surface area (Å²) in [6.45, 7) is 20.0. The summed E-state index contributed by atoms with van der Waals surface area (Å²) >= 11 is 12.4. The van der Waals surface area contributed by atoms with Crippen LogP contribution < -0.4 is 0 Å². The Morgan fingerprint density at radius 2 is 1.30 bits per heavy atom. The van der Waals surface area contributed by atoms with E-state index in [0.717, 1.165) is 61.1 Å². The topological polar surface area (TPSA) is 91.8 Å². The van der Waals surface area contributed by atoms with Crippen molar-refractivity contribution in [3.8, 4) is 0 Å². The molecule has 2 aromatic carbocycles. The van der Waals surface area contributed by atoms with Gasteiger partial charge in [-0.3, -0.25) is 0 Å². The molecule has 0 atom stereocenters. The molecule has 0 amide bonds. The van der Waals surface area contributed by atoms with Crippen LogP contribution >= 0.6 is 43.5 Å². The smallest absolute Gasteiger partial charge is 0.340 e. The molecule has 0 aliphatic rings. The quantitative estimate of drug-likeness (QED) is 0.0701. The van der Waals surface area contributed by atoms with E-state index in [1.165, 1.54) is 20.3 Å². The minimum atomic E-state index is -1.10. The first-order valence-corrected chi connectivity index (χ1v) is 24.9. The zero-order valence-electron chi connectivity index (χ0n) is 29.2. The van der Waals surface area contributed by atoms with E-state index >= 15 is 0 Å². The second-order valence-corrected chi connectivity index (χ2v) is 26.7. The number of nitrogens with one attached hydrogen (secondary N) is 1. The maximum Gasteiger partial charge on any atom is 0.340 e. The highest BCUT2D eigenvalue weighted by molar-refractivity contribution is 9.11. The molecule has 0 saturated carbocycles. The Balaban J connectivity index is 0.000000274. The predicted molar refractivity (Wildman–Crippen MR) is 207 cm³/mol. The van der Waals surface area contributed by atoms with Crippen molar-refractivity contribution in [2.45, 2.75) is 71.9 Å². The Bertz CT molecular complexity index is 1640. The number of esters is 2. The van der Waals surface area contributed by atoms with E-state index in [1.807, 2.05) is 42.9 Å². The highest BCUT2D eigenvalue weighted by Crippen LogP contribution is 2.32. The molecule has 0 aliphatic carbocycles. The summed E-state index contributed by atoms with van der Waals surface area (Å²) in [6.07, 6.45) is 3.90. The molecule has 0 unspecified atom stereocenters. The molecule has 2 heterocycles. The first kappa shape index (κ1) is 41.2. The number of halogens is 3. The number of fused-ring (bicyclic) bond motifs is 2. The monoisotopic (exact) mass is 830 g/mol. The molecule has 0 saturated heterocycles. The first-order valence-electron chi connectivity index (χ1n) is 15.4. The number of aromatic amines is 1. The highest BCUT2D eigenvalue weighted by Gasteiger charge is 2.19. The largest absolute Gasteiger partial charge is 0.465 e. The van der Waals surface area contributed by atoms with Gasteiger partial charge in [0.2, 0.25) is 0 Å². The number of H-pyrrole nitrogens is 1. The van der Waals surface area contributed by atoms with Crippen molar-refractivity contribution in [3.63, 3.8) is 0 Å². The second-order valence-electron chi connectivity index (χ2n) is 13.6. The number of ether oxygens (including phenoxy) is 4. The van der Waals surface area contributed by atoms with E-state index in [-0.39, 0.29) is 11.9 Å². The number of rotatable bonds is 11. The number of methoxy groups -OCH3 is 2. The fraction of sp³-hybridized carbons (Fsp3) is 0.471. The Morgan fingerprint density at radius 1 is 0.787 bits per heavy atom. The molecule has 47 heavy (non-hydrogen) atoms. The van der Waals surface area contributed by atoms with Gasteiger partial charge in [-0.25, -0.2) is 9.59 Å². The Morgan fingerprint density at radius 3 is 1.83 bits per heavy atom. The van der Waals surface area contributed by atoms with Crippen LogP contribution in [-0.2, 0) is 25.7 Å².